The zero-order valence-electron chi connectivity index (χ0n) is 10.2. The first kappa shape index (κ1) is 15.8. The number of nitrogen functional groups attached to an aromatic ring is 1. The second-order valence-corrected chi connectivity index (χ2v) is 6.51. The minimum Gasteiger partial charge on any atom is -0.399 e. The van der Waals surface area contributed by atoms with E-state index in [4.69, 9.17) is 28.9 Å². The lowest BCUT2D eigenvalue weighted by Gasteiger charge is -2.11. The third kappa shape index (κ3) is 3.37. The first-order valence-corrected chi connectivity index (χ1v) is 7.67. The van der Waals surface area contributed by atoms with Gasteiger partial charge in [0.15, 0.2) is 5.82 Å². The van der Waals surface area contributed by atoms with Crippen LogP contribution in [0.15, 0.2) is 35.2 Å². The van der Waals surface area contributed by atoms with Crippen molar-refractivity contribution in [3.63, 3.8) is 0 Å². The minimum atomic E-state index is -4.29. The smallest absolute Gasteiger partial charge is 0.264 e. The van der Waals surface area contributed by atoms with E-state index < -0.39 is 31.6 Å². The Labute approximate surface area is 129 Å². The molecular formula is C12H8Cl2F2N2O2S. The third-order valence-corrected chi connectivity index (χ3v) is 4.42. The molecule has 21 heavy (non-hydrogen) atoms. The molecule has 0 spiro atoms. The van der Waals surface area contributed by atoms with Gasteiger partial charge in [-0.25, -0.2) is 17.2 Å². The molecule has 0 aromatic heterocycles. The second-order valence-electron chi connectivity index (χ2n) is 4.05. The van der Waals surface area contributed by atoms with Crippen LogP contribution in [0.2, 0.25) is 10.0 Å². The van der Waals surface area contributed by atoms with Gasteiger partial charge in [0.2, 0.25) is 0 Å². The van der Waals surface area contributed by atoms with Crippen molar-refractivity contribution in [2.75, 3.05) is 10.5 Å². The maximum absolute atomic E-state index is 13.8. The maximum Gasteiger partial charge on any atom is 0.264 e. The van der Waals surface area contributed by atoms with Gasteiger partial charge in [0.25, 0.3) is 10.0 Å². The van der Waals surface area contributed by atoms with Gasteiger partial charge in [-0.3, -0.25) is 4.72 Å². The highest BCUT2D eigenvalue weighted by atomic mass is 35.5. The van der Waals surface area contributed by atoms with E-state index in [1.807, 2.05) is 0 Å². The molecule has 0 aliphatic rings. The van der Waals surface area contributed by atoms with Crippen LogP contribution in [0.5, 0.6) is 0 Å². The standard InChI is InChI=1S/C12H8Cl2F2N2O2S/c13-8-5-7(1-2-10(8)15)18-21(19,20)11-4-6(17)3-9(14)12(11)16/h1-5,18H,17H2. The summed E-state index contributed by atoms with van der Waals surface area (Å²) < 4.78 is 53.2. The molecule has 0 unspecified atom stereocenters. The Bertz CT molecular complexity index is 813. The molecule has 3 N–H and O–H groups in total. The molecule has 0 aliphatic carbocycles. The van der Waals surface area contributed by atoms with E-state index in [2.05, 4.69) is 4.72 Å². The van der Waals surface area contributed by atoms with Crippen molar-refractivity contribution in [2.45, 2.75) is 4.90 Å². The fraction of sp³-hybridized carbons (Fsp3) is 0. The maximum atomic E-state index is 13.8. The van der Waals surface area contributed by atoms with Crippen LogP contribution in [0.25, 0.3) is 0 Å². The Morgan fingerprint density at radius 2 is 1.71 bits per heavy atom. The molecule has 2 rings (SSSR count). The van der Waals surface area contributed by atoms with Gasteiger partial charge in [-0.05, 0) is 30.3 Å². The summed E-state index contributed by atoms with van der Waals surface area (Å²) in [6, 6.07) is 5.19. The van der Waals surface area contributed by atoms with E-state index in [0.29, 0.717) is 0 Å². The van der Waals surface area contributed by atoms with E-state index >= 15 is 0 Å². The predicted octanol–water partition coefficient (Wildman–Crippen LogP) is 3.65. The summed E-state index contributed by atoms with van der Waals surface area (Å²) in [5, 5.41) is -0.700. The summed E-state index contributed by atoms with van der Waals surface area (Å²) in [6.45, 7) is 0. The molecule has 4 nitrogen and oxygen atoms in total. The highest BCUT2D eigenvalue weighted by molar-refractivity contribution is 7.92. The van der Waals surface area contributed by atoms with Gasteiger partial charge in [0.1, 0.15) is 10.7 Å². The molecule has 2 aromatic carbocycles. The van der Waals surface area contributed by atoms with Crippen LogP contribution < -0.4 is 10.5 Å². The van der Waals surface area contributed by atoms with Crippen molar-refractivity contribution in [3.8, 4) is 0 Å². The van der Waals surface area contributed by atoms with Crippen LogP contribution in [0, 0.1) is 11.6 Å². The number of anilines is 2. The van der Waals surface area contributed by atoms with E-state index in [1.165, 1.54) is 0 Å². The topological polar surface area (TPSA) is 72.2 Å². The average Bonchev–Trinajstić information content (AvgIpc) is 2.37. The molecule has 0 bridgehead atoms. The Balaban J connectivity index is 2.45. The number of benzene rings is 2. The summed E-state index contributed by atoms with van der Waals surface area (Å²) in [5.74, 6) is -1.84. The highest BCUT2D eigenvalue weighted by Gasteiger charge is 2.22. The van der Waals surface area contributed by atoms with Gasteiger partial charge in [-0.2, -0.15) is 0 Å². The van der Waals surface area contributed by atoms with Crippen molar-refractivity contribution < 1.29 is 17.2 Å². The number of hydrogen-bond donors (Lipinski definition) is 2. The lowest BCUT2D eigenvalue weighted by Crippen LogP contribution is -2.15. The minimum absolute atomic E-state index is 0.0149. The van der Waals surface area contributed by atoms with E-state index in [-0.39, 0.29) is 16.4 Å². The second kappa shape index (κ2) is 5.67. The zero-order chi connectivity index (χ0) is 15.8. The first-order chi connectivity index (χ1) is 9.70. The number of nitrogens with two attached hydrogens (primary N) is 1. The first-order valence-electron chi connectivity index (χ1n) is 5.43. The largest absolute Gasteiger partial charge is 0.399 e. The molecule has 0 saturated heterocycles. The van der Waals surface area contributed by atoms with Crippen molar-refractivity contribution in [3.05, 3.63) is 52.0 Å². The zero-order valence-corrected chi connectivity index (χ0v) is 12.5. The fourth-order valence-electron chi connectivity index (χ4n) is 1.55. The summed E-state index contributed by atoms with van der Waals surface area (Å²) in [7, 11) is -4.29. The Hall–Kier alpha value is -1.57. The average molecular weight is 353 g/mol. The quantitative estimate of drug-likeness (QED) is 0.828. The monoisotopic (exact) mass is 352 g/mol. The molecule has 0 amide bonds. The number of hydrogen-bond acceptors (Lipinski definition) is 3. The summed E-state index contributed by atoms with van der Waals surface area (Å²) in [5.41, 5.74) is 5.41. The Morgan fingerprint density at radius 1 is 1.05 bits per heavy atom. The Morgan fingerprint density at radius 3 is 2.33 bits per heavy atom. The number of rotatable bonds is 3. The molecule has 9 heteroatoms. The van der Waals surface area contributed by atoms with Gasteiger partial charge < -0.3 is 5.73 Å². The number of nitrogens with one attached hydrogen (secondary N) is 1. The van der Waals surface area contributed by atoms with Crippen molar-refractivity contribution >= 4 is 44.6 Å². The summed E-state index contributed by atoms with van der Waals surface area (Å²) in [4.78, 5) is -0.715. The van der Waals surface area contributed by atoms with Gasteiger partial charge in [0, 0.05) is 5.69 Å². The van der Waals surface area contributed by atoms with Crippen LogP contribution in [-0.2, 0) is 10.0 Å². The van der Waals surface area contributed by atoms with Crippen LogP contribution in [0.1, 0.15) is 0 Å². The normalized spacial score (nSPS) is 11.4. The van der Waals surface area contributed by atoms with Crippen LogP contribution in [-0.4, -0.2) is 8.42 Å². The molecule has 0 fully saturated rings. The fourth-order valence-corrected chi connectivity index (χ4v) is 3.20. The molecule has 112 valence electrons. The number of halogens is 4. The molecule has 0 heterocycles. The predicted molar refractivity (Wildman–Crippen MR) is 78.0 cm³/mol. The SMILES string of the molecule is Nc1cc(Cl)c(F)c(S(=O)(=O)Nc2ccc(F)c(Cl)c2)c1. The summed E-state index contributed by atoms with van der Waals surface area (Å²) >= 11 is 11.1. The van der Waals surface area contributed by atoms with Gasteiger partial charge in [-0.1, -0.05) is 23.2 Å². The molecule has 0 atom stereocenters. The molecule has 0 aliphatic heterocycles. The lowest BCUT2D eigenvalue weighted by atomic mass is 10.3. The molecule has 0 radical (unpaired) electrons. The van der Waals surface area contributed by atoms with Gasteiger partial charge in [-0.15, -0.1) is 0 Å². The third-order valence-electron chi connectivity index (χ3n) is 2.48. The van der Waals surface area contributed by atoms with Crippen molar-refractivity contribution in [1.82, 2.24) is 0 Å². The highest BCUT2D eigenvalue weighted by Crippen LogP contribution is 2.28. The van der Waals surface area contributed by atoms with Crippen LogP contribution >= 0.6 is 23.2 Å². The Kier molecular flexibility index (Phi) is 4.27. The number of sulfonamides is 1. The van der Waals surface area contributed by atoms with Crippen LogP contribution in [0.4, 0.5) is 20.2 Å². The van der Waals surface area contributed by atoms with Crippen molar-refractivity contribution in [2.24, 2.45) is 0 Å². The molecular weight excluding hydrogens is 345 g/mol. The van der Waals surface area contributed by atoms with Gasteiger partial charge in [0.05, 0.1) is 15.7 Å². The molecule has 2 aromatic rings. The van der Waals surface area contributed by atoms with Crippen LogP contribution in [0.3, 0.4) is 0 Å². The molecule has 0 saturated carbocycles. The summed E-state index contributed by atoms with van der Waals surface area (Å²) in [6.07, 6.45) is 0. The van der Waals surface area contributed by atoms with E-state index in [1.54, 1.807) is 0 Å². The van der Waals surface area contributed by atoms with Crippen molar-refractivity contribution in [1.29, 1.82) is 0 Å². The lowest BCUT2D eigenvalue weighted by molar-refractivity contribution is 0.570. The van der Waals surface area contributed by atoms with E-state index in [0.717, 1.165) is 30.3 Å². The van der Waals surface area contributed by atoms with Gasteiger partial charge >= 0.3 is 0 Å². The van der Waals surface area contributed by atoms with E-state index in [9.17, 15) is 17.2 Å².